The van der Waals surface area contributed by atoms with E-state index in [4.69, 9.17) is 16.3 Å². The van der Waals surface area contributed by atoms with Crippen LogP contribution in [0.15, 0.2) is 48.5 Å². The highest BCUT2D eigenvalue weighted by Crippen LogP contribution is 2.21. The van der Waals surface area contributed by atoms with E-state index in [-0.39, 0.29) is 11.8 Å². The Kier molecular flexibility index (Phi) is 6.48. The lowest BCUT2D eigenvalue weighted by molar-refractivity contribution is -0.121. The summed E-state index contributed by atoms with van der Waals surface area (Å²) in [5.74, 6) is 1.08. The van der Waals surface area contributed by atoms with Crippen LogP contribution in [0.2, 0.25) is 5.02 Å². The largest absolute Gasteiger partial charge is 0.497 e. The van der Waals surface area contributed by atoms with Crippen molar-refractivity contribution in [2.75, 3.05) is 13.7 Å². The van der Waals surface area contributed by atoms with Crippen molar-refractivity contribution >= 4 is 17.5 Å². The van der Waals surface area contributed by atoms with Crippen molar-refractivity contribution in [3.05, 3.63) is 64.7 Å². The normalized spacial score (nSPS) is 11.8. The third-order valence-corrected chi connectivity index (χ3v) is 4.08. The van der Waals surface area contributed by atoms with Crippen LogP contribution in [0.1, 0.15) is 30.4 Å². The third kappa shape index (κ3) is 5.61. The first kappa shape index (κ1) is 17.4. The summed E-state index contributed by atoms with van der Waals surface area (Å²) >= 11 is 5.85. The highest BCUT2D eigenvalue weighted by molar-refractivity contribution is 6.30. The van der Waals surface area contributed by atoms with E-state index >= 15 is 0 Å². The minimum absolute atomic E-state index is 0.0716. The van der Waals surface area contributed by atoms with Gasteiger partial charge in [0.2, 0.25) is 5.91 Å². The first-order chi connectivity index (χ1) is 11.1. The lowest BCUT2D eigenvalue weighted by Crippen LogP contribution is -2.26. The Balaban J connectivity index is 1.76. The lowest BCUT2D eigenvalue weighted by Gasteiger charge is -2.12. The quantitative estimate of drug-likeness (QED) is 0.825. The summed E-state index contributed by atoms with van der Waals surface area (Å²) in [6, 6.07) is 15.5. The van der Waals surface area contributed by atoms with Crippen molar-refractivity contribution in [3.8, 4) is 5.75 Å². The van der Waals surface area contributed by atoms with Crippen LogP contribution >= 0.6 is 11.6 Å². The number of halogens is 1. The number of nitrogens with one attached hydrogen (secondary N) is 1. The number of carbonyl (C=O) groups excluding carboxylic acids is 1. The van der Waals surface area contributed by atoms with Crippen LogP contribution in [0, 0.1) is 0 Å². The summed E-state index contributed by atoms with van der Waals surface area (Å²) in [5, 5.41) is 3.70. The predicted octanol–water partition coefficient (Wildman–Crippen LogP) is 4.20. The highest BCUT2D eigenvalue weighted by atomic mass is 35.5. The Morgan fingerprint density at radius 1 is 1.13 bits per heavy atom. The van der Waals surface area contributed by atoms with Gasteiger partial charge in [-0.25, -0.2) is 0 Å². The van der Waals surface area contributed by atoms with Crippen molar-refractivity contribution < 1.29 is 9.53 Å². The molecule has 3 nitrogen and oxygen atoms in total. The number of methoxy groups -OCH3 is 1. The van der Waals surface area contributed by atoms with Crippen molar-refractivity contribution in [2.24, 2.45) is 0 Å². The zero-order chi connectivity index (χ0) is 16.7. The zero-order valence-corrected chi connectivity index (χ0v) is 14.3. The topological polar surface area (TPSA) is 38.3 Å². The monoisotopic (exact) mass is 331 g/mol. The Hall–Kier alpha value is -2.00. The molecule has 2 aromatic rings. The van der Waals surface area contributed by atoms with Gasteiger partial charge in [0.15, 0.2) is 0 Å². The van der Waals surface area contributed by atoms with Crippen LogP contribution in [0.4, 0.5) is 0 Å². The fourth-order valence-electron chi connectivity index (χ4n) is 2.40. The highest BCUT2D eigenvalue weighted by Gasteiger charge is 2.11. The van der Waals surface area contributed by atoms with Crippen LogP contribution in [0.25, 0.3) is 0 Å². The maximum absolute atomic E-state index is 12.0. The molecule has 23 heavy (non-hydrogen) atoms. The van der Waals surface area contributed by atoms with Gasteiger partial charge in [0, 0.05) is 18.0 Å². The molecule has 1 amide bonds. The molecule has 4 heteroatoms. The fourth-order valence-corrected chi connectivity index (χ4v) is 2.52. The maximum Gasteiger partial charge on any atom is 0.220 e. The second-order valence-corrected chi connectivity index (χ2v) is 6.04. The van der Waals surface area contributed by atoms with E-state index in [9.17, 15) is 4.79 Å². The molecule has 0 aliphatic heterocycles. The lowest BCUT2D eigenvalue weighted by atomic mass is 9.97. The Morgan fingerprint density at radius 2 is 1.78 bits per heavy atom. The zero-order valence-electron chi connectivity index (χ0n) is 13.5. The number of hydrogen-bond donors (Lipinski definition) is 1. The van der Waals surface area contributed by atoms with E-state index in [2.05, 4.69) is 12.2 Å². The molecule has 1 unspecified atom stereocenters. The molecule has 0 heterocycles. The first-order valence-corrected chi connectivity index (χ1v) is 8.11. The molecule has 0 fully saturated rings. The average Bonchev–Trinajstić information content (AvgIpc) is 2.56. The Bertz CT molecular complexity index is 623. The van der Waals surface area contributed by atoms with Gasteiger partial charge >= 0.3 is 0 Å². The molecule has 0 aliphatic carbocycles. The third-order valence-electron chi connectivity index (χ3n) is 3.83. The molecule has 1 atom stereocenters. The number of amides is 1. The summed E-state index contributed by atoms with van der Waals surface area (Å²) in [6.07, 6.45) is 1.28. The van der Waals surface area contributed by atoms with Gasteiger partial charge in [-0.15, -0.1) is 0 Å². The molecule has 2 aromatic carbocycles. The Morgan fingerprint density at radius 3 is 2.39 bits per heavy atom. The molecule has 0 bridgehead atoms. The van der Waals surface area contributed by atoms with Gasteiger partial charge < -0.3 is 10.1 Å². The maximum atomic E-state index is 12.0. The van der Waals surface area contributed by atoms with E-state index in [0.717, 1.165) is 28.3 Å². The second-order valence-electron chi connectivity index (χ2n) is 5.60. The molecule has 0 saturated carbocycles. The molecule has 0 aliphatic rings. The number of ether oxygens (including phenoxy) is 1. The van der Waals surface area contributed by atoms with Gasteiger partial charge in [0.05, 0.1) is 7.11 Å². The van der Waals surface area contributed by atoms with Crippen molar-refractivity contribution in [3.63, 3.8) is 0 Å². The molecule has 2 rings (SSSR count). The van der Waals surface area contributed by atoms with Crippen LogP contribution < -0.4 is 10.1 Å². The van der Waals surface area contributed by atoms with Gasteiger partial charge in [-0.05, 0) is 47.7 Å². The standard InChI is InChI=1S/C19H22ClNO2/c1-14(16-5-9-18(23-2)10-6-16)13-19(22)21-12-11-15-3-7-17(20)8-4-15/h3-10,14H,11-13H2,1-2H3,(H,21,22). The van der Waals surface area contributed by atoms with Crippen LogP contribution in [0.3, 0.4) is 0 Å². The van der Waals surface area contributed by atoms with E-state index in [1.165, 1.54) is 0 Å². The van der Waals surface area contributed by atoms with Gasteiger partial charge in [0.25, 0.3) is 0 Å². The molecule has 1 N–H and O–H groups in total. The van der Waals surface area contributed by atoms with Crippen LogP contribution in [-0.2, 0) is 11.2 Å². The van der Waals surface area contributed by atoms with E-state index in [0.29, 0.717) is 13.0 Å². The van der Waals surface area contributed by atoms with E-state index < -0.39 is 0 Å². The molecule has 122 valence electrons. The average molecular weight is 332 g/mol. The predicted molar refractivity (Wildman–Crippen MR) is 94.2 cm³/mol. The number of benzene rings is 2. The van der Waals surface area contributed by atoms with Gasteiger partial charge in [0.1, 0.15) is 5.75 Å². The molecule has 0 aromatic heterocycles. The SMILES string of the molecule is COc1ccc(C(C)CC(=O)NCCc2ccc(Cl)cc2)cc1. The summed E-state index contributed by atoms with van der Waals surface area (Å²) < 4.78 is 5.14. The molecule has 0 spiro atoms. The second kappa shape index (κ2) is 8.59. The molecular weight excluding hydrogens is 310 g/mol. The summed E-state index contributed by atoms with van der Waals surface area (Å²) in [7, 11) is 1.65. The minimum atomic E-state index is 0.0716. The number of rotatable bonds is 7. The van der Waals surface area contributed by atoms with E-state index in [1.54, 1.807) is 7.11 Å². The van der Waals surface area contributed by atoms with Crippen molar-refractivity contribution in [1.29, 1.82) is 0 Å². The Labute approximate surface area is 142 Å². The molecular formula is C19H22ClNO2. The number of carbonyl (C=O) groups is 1. The summed E-state index contributed by atoms with van der Waals surface area (Å²) in [5.41, 5.74) is 2.30. The van der Waals surface area contributed by atoms with Crippen LogP contribution in [-0.4, -0.2) is 19.6 Å². The van der Waals surface area contributed by atoms with Crippen LogP contribution in [0.5, 0.6) is 5.75 Å². The smallest absolute Gasteiger partial charge is 0.220 e. The van der Waals surface area contributed by atoms with Gasteiger partial charge in [-0.3, -0.25) is 4.79 Å². The first-order valence-electron chi connectivity index (χ1n) is 7.73. The molecule has 0 saturated heterocycles. The van der Waals surface area contributed by atoms with Crippen molar-refractivity contribution in [1.82, 2.24) is 5.32 Å². The summed E-state index contributed by atoms with van der Waals surface area (Å²) in [4.78, 5) is 12.0. The van der Waals surface area contributed by atoms with Gasteiger partial charge in [-0.1, -0.05) is 42.8 Å². The van der Waals surface area contributed by atoms with E-state index in [1.807, 2.05) is 48.5 Å². The molecule has 0 radical (unpaired) electrons. The van der Waals surface area contributed by atoms with Crippen molar-refractivity contribution in [2.45, 2.75) is 25.7 Å². The number of hydrogen-bond acceptors (Lipinski definition) is 2. The minimum Gasteiger partial charge on any atom is -0.497 e. The fraction of sp³-hybridized carbons (Fsp3) is 0.316. The summed E-state index contributed by atoms with van der Waals surface area (Å²) in [6.45, 7) is 2.69. The van der Waals surface area contributed by atoms with Gasteiger partial charge in [-0.2, -0.15) is 0 Å².